The Morgan fingerprint density at radius 2 is 1.72 bits per heavy atom. The highest BCUT2D eigenvalue weighted by Crippen LogP contribution is 2.10. The van der Waals surface area contributed by atoms with Crippen LogP contribution in [0, 0.1) is 0 Å². The molecule has 0 fully saturated rings. The van der Waals surface area contributed by atoms with Crippen molar-refractivity contribution >= 4 is 17.9 Å². The molecular weight excluding hydrogens is 246 g/mol. The number of carboxylic acid groups (broad SMARTS) is 3. The van der Waals surface area contributed by atoms with E-state index in [1.807, 2.05) is 0 Å². The Kier molecular flexibility index (Phi) is 4.63. The molecule has 0 saturated carbocycles. The lowest BCUT2D eigenvalue weighted by molar-refractivity contribution is -0.142. The molecule has 0 aliphatic carbocycles. The van der Waals surface area contributed by atoms with Crippen molar-refractivity contribution in [3.63, 3.8) is 0 Å². The largest absolute Gasteiger partial charge is 0.481 e. The normalized spacial score (nSPS) is 16.2. The maximum Gasteiger partial charge on any atom is 0.324 e. The van der Waals surface area contributed by atoms with Crippen LogP contribution in [0.1, 0.15) is 6.42 Å². The minimum absolute atomic E-state index is 0.106. The number of nitrogens with zero attached hydrogens (tertiary/aromatic N) is 2. The summed E-state index contributed by atoms with van der Waals surface area (Å²) in [6, 6.07) is 0. The van der Waals surface area contributed by atoms with E-state index in [9.17, 15) is 14.4 Å². The first-order chi connectivity index (χ1) is 8.36. The molecular formula is C9H13N3O6. The molecule has 0 atom stereocenters. The van der Waals surface area contributed by atoms with Crippen LogP contribution in [-0.4, -0.2) is 62.9 Å². The molecule has 100 valence electrons. The molecule has 18 heavy (non-hydrogen) atoms. The summed E-state index contributed by atoms with van der Waals surface area (Å²) in [5, 5.41) is 28.3. The molecule has 0 radical (unpaired) electrons. The highest BCUT2D eigenvalue weighted by Gasteiger charge is 2.21. The molecule has 1 aliphatic heterocycles. The van der Waals surface area contributed by atoms with E-state index in [1.165, 1.54) is 11.2 Å². The number of rotatable bonds is 6. The first kappa shape index (κ1) is 13.9. The highest BCUT2D eigenvalue weighted by molar-refractivity contribution is 5.71. The van der Waals surface area contributed by atoms with Gasteiger partial charge in [-0.2, -0.15) is 5.53 Å². The predicted molar refractivity (Wildman–Crippen MR) is 57.0 cm³/mol. The SMILES string of the molecule is O=C(O)CC1=CN(CC(=O)O)NN(CC(=O)O)C1. The lowest BCUT2D eigenvalue weighted by Gasteiger charge is -2.34. The van der Waals surface area contributed by atoms with Gasteiger partial charge in [-0.15, -0.1) is 0 Å². The average molecular weight is 259 g/mol. The van der Waals surface area contributed by atoms with Gasteiger partial charge < -0.3 is 15.3 Å². The third kappa shape index (κ3) is 4.80. The molecule has 0 aromatic rings. The van der Waals surface area contributed by atoms with E-state index in [0.29, 0.717) is 5.57 Å². The molecule has 1 rings (SSSR count). The molecule has 0 unspecified atom stereocenters. The van der Waals surface area contributed by atoms with Gasteiger partial charge in [-0.25, -0.2) is 5.01 Å². The maximum absolute atomic E-state index is 10.6. The van der Waals surface area contributed by atoms with Crippen molar-refractivity contribution in [1.82, 2.24) is 15.6 Å². The van der Waals surface area contributed by atoms with Crippen LogP contribution in [0.25, 0.3) is 0 Å². The molecule has 0 saturated heterocycles. The van der Waals surface area contributed by atoms with Gasteiger partial charge in [-0.05, 0) is 5.57 Å². The van der Waals surface area contributed by atoms with Crippen molar-refractivity contribution in [2.24, 2.45) is 0 Å². The minimum Gasteiger partial charge on any atom is -0.481 e. The summed E-state index contributed by atoms with van der Waals surface area (Å²) in [6.45, 7) is -0.666. The van der Waals surface area contributed by atoms with Gasteiger partial charge in [0.25, 0.3) is 0 Å². The zero-order valence-corrected chi connectivity index (χ0v) is 9.37. The molecule has 9 nitrogen and oxygen atoms in total. The van der Waals surface area contributed by atoms with Gasteiger partial charge in [0.15, 0.2) is 0 Å². The third-order valence-corrected chi connectivity index (χ3v) is 2.01. The van der Waals surface area contributed by atoms with E-state index in [-0.39, 0.29) is 19.5 Å². The standard InChI is InChI=1S/C9H13N3O6/c13-7(14)1-6-2-11(4-8(15)16)10-12(3-6)5-9(17)18/h2,10H,1,3-5H2,(H,13,14)(H,15,16)(H,17,18). The number of hydrazine groups is 2. The summed E-state index contributed by atoms with van der Waals surface area (Å²) in [5.74, 6) is -3.28. The van der Waals surface area contributed by atoms with Crippen molar-refractivity contribution < 1.29 is 29.7 Å². The fourth-order valence-corrected chi connectivity index (χ4v) is 1.53. The Morgan fingerprint density at radius 3 is 2.22 bits per heavy atom. The van der Waals surface area contributed by atoms with E-state index < -0.39 is 24.5 Å². The number of carboxylic acids is 3. The fraction of sp³-hybridized carbons (Fsp3) is 0.444. The van der Waals surface area contributed by atoms with Crippen molar-refractivity contribution in [1.29, 1.82) is 0 Å². The van der Waals surface area contributed by atoms with Crippen LogP contribution in [0.15, 0.2) is 11.8 Å². The molecule has 9 heteroatoms. The van der Waals surface area contributed by atoms with Crippen LogP contribution >= 0.6 is 0 Å². The Bertz CT molecular complexity index is 394. The van der Waals surface area contributed by atoms with Crippen molar-refractivity contribution in [2.75, 3.05) is 19.6 Å². The zero-order valence-electron chi connectivity index (χ0n) is 9.37. The fourth-order valence-electron chi connectivity index (χ4n) is 1.53. The van der Waals surface area contributed by atoms with Crippen molar-refractivity contribution in [2.45, 2.75) is 6.42 Å². The summed E-state index contributed by atoms with van der Waals surface area (Å²) in [5.41, 5.74) is 2.98. The first-order valence-electron chi connectivity index (χ1n) is 4.99. The molecule has 0 aromatic carbocycles. The topological polar surface area (TPSA) is 130 Å². The molecule has 1 heterocycles. The summed E-state index contributed by atoms with van der Waals surface area (Å²) < 4.78 is 0. The number of hydrogen-bond donors (Lipinski definition) is 4. The third-order valence-electron chi connectivity index (χ3n) is 2.01. The lowest BCUT2D eigenvalue weighted by Crippen LogP contribution is -2.54. The number of nitrogens with one attached hydrogen (secondary N) is 1. The van der Waals surface area contributed by atoms with Crippen LogP contribution < -0.4 is 5.53 Å². The quantitative estimate of drug-likeness (QED) is 0.452. The summed E-state index contributed by atoms with van der Waals surface area (Å²) in [6.07, 6.45) is 1.09. The van der Waals surface area contributed by atoms with Crippen LogP contribution in [0.2, 0.25) is 0 Å². The average Bonchev–Trinajstić information content (AvgIpc) is 2.12. The van der Waals surface area contributed by atoms with Gasteiger partial charge in [0.1, 0.15) is 13.1 Å². The lowest BCUT2D eigenvalue weighted by atomic mass is 10.2. The van der Waals surface area contributed by atoms with E-state index in [2.05, 4.69) is 5.53 Å². The van der Waals surface area contributed by atoms with Gasteiger partial charge in [-0.1, -0.05) is 0 Å². The van der Waals surface area contributed by atoms with E-state index in [4.69, 9.17) is 15.3 Å². The van der Waals surface area contributed by atoms with Gasteiger partial charge in [0.2, 0.25) is 0 Å². The molecule has 0 spiro atoms. The second-order valence-electron chi connectivity index (χ2n) is 3.73. The molecule has 0 aromatic heterocycles. The summed E-state index contributed by atoms with van der Waals surface area (Å²) >= 11 is 0. The van der Waals surface area contributed by atoms with Crippen molar-refractivity contribution in [3.05, 3.63) is 11.8 Å². The molecule has 0 bridgehead atoms. The monoisotopic (exact) mass is 259 g/mol. The van der Waals surface area contributed by atoms with E-state index in [1.54, 1.807) is 0 Å². The smallest absolute Gasteiger partial charge is 0.324 e. The molecule has 4 N–H and O–H groups in total. The van der Waals surface area contributed by atoms with Crippen molar-refractivity contribution in [3.8, 4) is 0 Å². The number of hydrogen-bond acceptors (Lipinski definition) is 6. The van der Waals surface area contributed by atoms with Gasteiger partial charge >= 0.3 is 17.9 Å². The summed E-state index contributed by atoms with van der Waals surface area (Å²) in [7, 11) is 0. The Labute approximate surface area is 102 Å². The van der Waals surface area contributed by atoms with Crippen LogP contribution in [0.4, 0.5) is 0 Å². The summed E-state index contributed by atoms with van der Waals surface area (Å²) in [4.78, 5) is 31.7. The zero-order chi connectivity index (χ0) is 13.7. The maximum atomic E-state index is 10.6. The molecule has 0 amide bonds. The Hall–Kier alpha value is -2.13. The van der Waals surface area contributed by atoms with Gasteiger partial charge in [-0.3, -0.25) is 19.4 Å². The Balaban J connectivity index is 2.74. The highest BCUT2D eigenvalue weighted by atomic mass is 16.4. The van der Waals surface area contributed by atoms with Gasteiger partial charge in [0.05, 0.1) is 6.42 Å². The predicted octanol–water partition coefficient (Wildman–Crippen LogP) is -1.45. The van der Waals surface area contributed by atoms with Crippen LogP contribution in [0.3, 0.4) is 0 Å². The number of aliphatic carboxylic acids is 3. The number of carbonyl (C=O) groups is 3. The Morgan fingerprint density at radius 1 is 1.11 bits per heavy atom. The van der Waals surface area contributed by atoms with Crippen LogP contribution in [-0.2, 0) is 14.4 Å². The molecule has 1 aliphatic rings. The van der Waals surface area contributed by atoms with E-state index >= 15 is 0 Å². The van der Waals surface area contributed by atoms with E-state index in [0.717, 1.165) is 5.01 Å². The van der Waals surface area contributed by atoms with Crippen LogP contribution in [0.5, 0.6) is 0 Å². The second kappa shape index (κ2) is 5.98. The minimum atomic E-state index is -1.12. The first-order valence-corrected chi connectivity index (χ1v) is 4.99. The second-order valence-corrected chi connectivity index (χ2v) is 3.73. The van der Waals surface area contributed by atoms with Gasteiger partial charge in [0, 0.05) is 12.7 Å².